The summed E-state index contributed by atoms with van der Waals surface area (Å²) in [7, 11) is 0. The molecule has 0 saturated carbocycles. The summed E-state index contributed by atoms with van der Waals surface area (Å²) >= 11 is 0. The van der Waals surface area contributed by atoms with Crippen LogP contribution in [0.15, 0.2) is 48.8 Å². The number of para-hydroxylation sites is 1. The summed E-state index contributed by atoms with van der Waals surface area (Å²) in [5, 5.41) is 4.42. The fraction of sp³-hybridized carbons (Fsp3) is 0.0667. The largest absolute Gasteiger partial charge is 0.396 e. The number of anilines is 3. The smallest absolute Gasteiger partial charge is 0.0739 e. The standard InChI is InChI=1S/C15H14N4/c1-10-8-15(11-4-2-3-5-13(11)18-10)19-14-6-7-17-9-12(14)16/h2-9H,16H2,1H3,(H,17,18,19). The molecule has 0 amide bonds. The Hall–Kier alpha value is -2.62. The van der Waals surface area contributed by atoms with Crippen LogP contribution in [0.25, 0.3) is 10.9 Å². The molecule has 0 fully saturated rings. The van der Waals surface area contributed by atoms with Gasteiger partial charge in [0.05, 0.1) is 23.1 Å². The number of nitrogens with one attached hydrogen (secondary N) is 1. The molecule has 94 valence electrons. The lowest BCUT2D eigenvalue weighted by molar-refractivity contribution is 1.25. The van der Waals surface area contributed by atoms with Crippen LogP contribution in [0.3, 0.4) is 0 Å². The lowest BCUT2D eigenvalue weighted by atomic mass is 10.1. The molecule has 3 aromatic rings. The first-order valence-electron chi connectivity index (χ1n) is 6.07. The van der Waals surface area contributed by atoms with Gasteiger partial charge in [-0.1, -0.05) is 18.2 Å². The zero-order valence-electron chi connectivity index (χ0n) is 10.6. The molecule has 3 N–H and O–H groups in total. The van der Waals surface area contributed by atoms with Gasteiger partial charge in [0.2, 0.25) is 0 Å². The zero-order valence-corrected chi connectivity index (χ0v) is 10.6. The molecule has 1 aromatic carbocycles. The first kappa shape index (κ1) is 11.5. The van der Waals surface area contributed by atoms with E-state index in [2.05, 4.69) is 15.3 Å². The van der Waals surface area contributed by atoms with Gasteiger partial charge in [-0.05, 0) is 25.1 Å². The molecule has 4 nitrogen and oxygen atoms in total. The Morgan fingerprint density at radius 2 is 1.95 bits per heavy atom. The van der Waals surface area contributed by atoms with Gasteiger partial charge in [-0.25, -0.2) is 0 Å². The van der Waals surface area contributed by atoms with Gasteiger partial charge < -0.3 is 11.1 Å². The van der Waals surface area contributed by atoms with Crippen molar-refractivity contribution in [2.75, 3.05) is 11.1 Å². The van der Waals surface area contributed by atoms with Crippen LogP contribution in [0, 0.1) is 6.92 Å². The third kappa shape index (κ3) is 2.20. The molecule has 0 saturated heterocycles. The quantitative estimate of drug-likeness (QED) is 0.732. The molecular weight excluding hydrogens is 236 g/mol. The Morgan fingerprint density at radius 1 is 1.11 bits per heavy atom. The Morgan fingerprint density at radius 3 is 2.79 bits per heavy atom. The van der Waals surface area contributed by atoms with Crippen LogP contribution in [0.4, 0.5) is 17.1 Å². The lowest BCUT2D eigenvalue weighted by Crippen LogP contribution is -1.98. The first-order valence-corrected chi connectivity index (χ1v) is 6.07. The van der Waals surface area contributed by atoms with Crippen LogP contribution >= 0.6 is 0 Å². The molecular formula is C15H14N4. The summed E-state index contributed by atoms with van der Waals surface area (Å²) in [4.78, 5) is 8.51. The van der Waals surface area contributed by atoms with Gasteiger partial charge in [0.15, 0.2) is 0 Å². The first-order chi connectivity index (χ1) is 9.24. The fourth-order valence-electron chi connectivity index (χ4n) is 2.08. The molecule has 2 heterocycles. The van der Waals surface area contributed by atoms with Crippen molar-refractivity contribution in [3.8, 4) is 0 Å². The average molecular weight is 250 g/mol. The Labute approximate surface area is 111 Å². The van der Waals surface area contributed by atoms with Crippen LogP contribution in [0.5, 0.6) is 0 Å². The summed E-state index contributed by atoms with van der Waals surface area (Å²) in [6.07, 6.45) is 3.35. The number of nitrogens with two attached hydrogens (primary N) is 1. The van der Waals surface area contributed by atoms with Crippen LogP contribution in [0.2, 0.25) is 0 Å². The van der Waals surface area contributed by atoms with E-state index in [-0.39, 0.29) is 0 Å². The van der Waals surface area contributed by atoms with Crippen LogP contribution in [-0.4, -0.2) is 9.97 Å². The molecule has 3 rings (SSSR count). The minimum Gasteiger partial charge on any atom is -0.396 e. The summed E-state index contributed by atoms with van der Waals surface area (Å²) in [5.41, 5.74) is 10.3. The Bertz CT molecular complexity index is 737. The summed E-state index contributed by atoms with van der Waals surface area (Å²) in [5.74, 6) is 0. The summed E-state index contributed by atoms with van der Waals surface area (Å²) < 4.78 is 0. The van der Waals surface area contributed by atoms with Gasteiger partial charge in [0, 0.05) is 23.0 Å². The van der Waals surface area contributed by atoms with Gasteiger partial charge in [-0.3, -0.25) is 9.97 Å². The van der Waals surface area contributed by atoms with E-state index in [9.17, 15) is 0 Å². The normalized spacial score (nSPS) is 10.6. The SMILES string of the molecule is Cc1cc(Nc2ccncc2N)c2ccccc2n1. The van der Waals surface area contributed by atoms with Gasteiger partial charge in [-0.15, -0.1) is 0 Å². The zero-order chi connectivity index (χ0) is 13.2. The molecule has 0 aliphatic carbocycles. The van der Waals surface area contributed by atoms with E-state index < -0.39 is 0 Å². The van der Waals surface area contributed by atoms with Crippen LogP contribution in [0.1, 0.15) is 5.69 Å². The number of aromatic nitrogens is 2. The number of pyridine rings is 2. The van der Waals surface area contributed by atoms with Crippen LogP contribution < -0.4 is 11.1 Å². The number of benzene rings is 1. The van der Waals surface area contributed by atoms with Gasteiger partial charge >= 0.3 is 0 Å². The lowest BCUT2D eigenvalue weighted by Gasteiger charge is -2.12. The van der Waals surface area contributed by atoms with Crippen molar-refractivity contribution in [1.29, 1.82) is 0 Å². The van der Waals surface area contributed by atoms with E-state index in [4.69, 9.17) is 5.73 Å². The maximum Gasteiger partial charge on any atom is 0.0739 e. The average Bonchev–Trinajstić information content (AvgIpc) is 2.41. The minimum atomic E-state index is 0.626. The van der Waals surface area contributed by atoms with Crippen molar-refractivity contribution in [2.45, 2.75) is 6.92 Å². The molecule has 0 aliphatic heterocycles. The van der Waals surface area contributed by atoms with Crippen molar-refractivity contribution in [2.24, 2.45) is 0 Å². The number of aryl methyl sites for hydroxylation is 1. The molecule has 0 bridgehead atoms. The minimum absolute atomic E-state index is 0.626. The third-order valence-electron chi connectivity index (χ3n) is 2.97. The molecule has 0 aliphatic rings. The second-order valence-corrected chi connectivity index (χ2v) is 4.42. The monoisotopic (exact) mass is 250 g/mol. The predicted molar refractivity (Wildman–Crippen MR) is 78.4 cm³/mol. The number of nitrogens with zero attached hydrogens (tertiary/aromatic N) is 2. The van der Waals surface area contributed by atoms with Gasteiger partial charge in [-0.2, -0.15) is 0 Å². The highest BCUT2D eigenvalue weighted by Gasteiger charge is 2.05. The third-order valence-corrected chi connectivity index (χ3v) is 2.97. The molecule has 0 atom stereocenters. The molecule has 19 heavy (non-hydrogen) atoms. The molecule has 4 heteroatoms. The number of fused-ring (bicyclic) bond motifs is 1. The fourth-order valence-corrected chi connectivity index (χ4v) is 2.08. The maximum atomic E-state index is 5.91. The van der Waals surface area contributed by atoms with Gasteiger partial charge in [0.25, 0.3) is 0 Å². The van der Waals surface area contributed by atoms with E-state index >= 15 is 0 Å². The van der Waals surface area contributed by atoms with E-state index in [1.165, 1.54) is 0 Å². The van der Waals surface area contributed by atoms with E-state index in [0.717, 1.165) is 28.0 Å². The van der Waals surface area contributed by atoms with Gasteiger partial charge in [0.1, 0.15) is 0 Å². The highest BCUT2D eigenvalue weighted by molar-refractivity contribution is 5.94. The second-order valence-electron chi connectivity index (χ2n) is 4.42. The highest BCUT2D eigenvalue weighted by atomic mass is 14.9. The van der Waals surface area contributed by atoms with Crippen molar-refractivity contribution < 1.29 is 0 Å². The maximum absolute atomic E-state index is 5.91. The molecule has 0 unspecified atom stereocenters. The van der Waals surface area contributed by atoms with Crippen molar-refractivity contribution in [1.82, 2.24) is 9.97 Å². The molecule has 0 spiro atoms. The molecule has 2 aromatic heterocycles. The number of rotatable bonds is 2. The highest BCUT2D eigenvalue weighted by Crippen LogP contribution is 2.28. The number of hydrogen-bond acceptors (Lipinski definition) is 4. The van der Waals surface area contributed by atoms with Crippen LogP contribution in [-0.2, 0) is 0 Å². The summed E-state index contributed by atoms with van der Waals surface area (Å²) in [6.45, 7) is 1.98. The van der Waals surface area contributed by atoms with Crippen molar-refractivity contribution >= 4 is 28.0 Å². The second kappa shape index (κ2) is 4.57. The Balaban J connectivity index is 2.13. The van der Waals surface area contributed by atoms with E-state index in [1.54, 1.807) is 12.4 Å². The van der Waals surface area contributed by atoms with Crippen molar-refractivity contribution in [3.63, 3.8) is 0 Å². The van der Waals surface area contributed by atoms with E-state index in [0.29, 0.717) is 5.69 Å². The predicted octanol–water partition coefficient (Wildman–Crippen LogP) is 3.26. The number of nitrogen functional groups attached to an aromatic ring is 1. The topological polar surface area (TPSA) is 63.8 Å². The van der Waals surface area contributed by atoms with E-state index in [1.807, 2.05) is 43.3 Å². The molecule has 0 radical (unpaired) electrons. The summed E-state index contributed by atoms with van der Waals surface area (Å²) in [6, 6.07) is 11.9. The Kier molecular flexibility index (Phi) is 2.76. The number of hydrogen-bond donors (Lipinski definition) is 2. The van der Waals surface area contributed by atoms with Crippen molar-refractivity contribution in [3.05, 3.63) is 54.5 Å².